The van der Waals surface area contributed by atoms with E-state index in [-0.39, 0.29) is 5.91 Å². The maximum absolute atomic E-state index is 11.8. The van der Waals surface area contributed by atoms with Gasteiger partial charge in [0.15, 0.2) is 0 Å². The highest BCUT2D eigenvalue weighted by Crippen LogP contribution is 2.34. The molecule has 5 heteroatoms. The van der Waals surface area contributed by atoms with Crippen molar-refractivity contribution in [1.82, 2.24) is 5.32 Å². The van der Waals surface area contributed by atoms with E-state index in [2.05, 4.69) is 17.5 Å². The normalized spacial score (nSPS) is 21.0. The second kappa shape index (κ2) is 6.64. The Balaban J connectivity index is 1.94. The second-order valence-corrected chi connectivity index (χ2v) is 7.41. The van der Waals surface area contributed by atoms with Crippen LogP contribution in [0.3, 0.4) is 0 Å². The molecule has 22 heavy (non-hydrogen) atoms. The smallest absolute Gasteiger partial charge is 0.263 e. The number of amides is 1. The molecule has 1 heterocycles. The van der Waals surface area contributed by atoms with Crippen molar-refractivity contribution in [3.63, 3.8) is 0 Å². The highest BCUT2D eigenvalue weighted by atomic mass is 32.2. The SMILES string of the molecule is N#Cc1cc(/C=C2\SC(=S)NC2=O)cc(C2CCCCC2)c1. The molecule has 1 saturated heterocycles. The van der Waals surface area contributed by atoms with Crippen molar-refractivity contribution in [3.05, 3.63) is 39.8 Å². The van der Waals surface area contributed by atoms with Gasteiger partial charge in [0.05, 0.1) is 16.5 Å². The molecule has 0 spiro atoms. The van der Waals surface area contributed by atoms with Crippen molar-refractivity contribution >= 4 is 40.3 Å². The zero-order chi connectivity index (χ0) is 15.5. The van der Waals surface area contributed by atoms with Crippen LogP contribution in [-0.4, -0.2) is 10.2 Å². The third kappa shape index (κ3) is 3.40. The summed E-state index contributed by atoms with van der Waals surface area (Å²) in [6, 6.07) is 8.16. The molecule has 112 valence electrons. The summed E-state index contributed by atoms with van der Waals surface area (Å²) in [7, 11) is 0. The van der Waals surface area contributed by atoms with E-state index in [0.717, 1.165) is 5.56 Å². The molecule has 1 N–H and O–H groups in total. The molecule has 0 unspecified atom stereocenters. The Bertz CT molecular complexity index is 697. The van der Waals surface area contributed by atoms with Crippen LogP contribution in [0.1, 0.15) is 54.7 Å². The molecule has 2 aliphatic rings. The van der Waals surface area contributed by atoms with Gasteiger partial charge in [-0.1, -0.05) is 49.3 Å². The number of thiocarbonyl (C=S) groups is 1. The number of carbonyl (C=O) groups is 1. The van der Waals surface area contributed by atoms with Crippen LogP contribution in [0.15, 0.2) is 23.1 Å². The van der Waals surface area contributed by atoms with E-state index in [9.17, 15) is 10.1 Å². The minimum absolute atomic E-state index is 0.156. The van der Waals surface area contributed by atoms with Crippen LogP contribution in [0.2, 0.25) is 0 Å². The number of hydrogen-bond acceptors (Lipinski definition) is 4. The average molecular weight is 328 g/mol. The zero-order valence-corrected chi connectivity index (χ0v) is 13.7. The Hall–Kier alpha value is -1.64. The maximum Gasteiger partial charge on any atom is 0.263 e. The van der Waals surface area contributed by atoms with Gasteiger partial charge in [-0.15, -0.1) is 0 Å². The molecule has 1 aromatic rings. The standard InChI is InChI=1S/C17H16N2OS2/c18-10-12-6-11(9-15-16(20)19-17(21)22-15)7-14(8-12)13-4-2-1-3-5-13/h6-9,13H,1-5H2,(H,19,20,21)/b15-9-. The monoisotopic (exact) mass is 328 g/mol. The van der Waals surface area contributed by atoms with Gasteiger partial charge >= 0.3 is 0 Å². The first-order valence-corrected chi connectivity index (χ1v) is 8.68. The molecule has 3 nitrogen and oxygen atoms in total. The van der Waals surface area contributed by atoms with Crippen molar-refractivity contribution in [2.45, 2.75) is 38.0 Å². The third-order valence-corrected chi connectivity index (χ3v) is 5.29. The molecule has 0 bridgehead atoms. The van der Waals surface area contributed by atoms with Gasteiger partial charge in [-0.25, -0.2) is 0 Å². The third-order valence-electron chi connectivity index (χ3n) is 4.12. The Kier molecular flexibility index (Phi) is 4.60. The quantitative estimate of drug-likeness (QED) is 0.656. The Morgan fingerprint density at radius 2 is 2.05 bits per heavy atom. The lowest BCUT2D eigenvalue weighted by Gasteiger charge is -2.22. The van der Waals surface area contributed by atoms with Crippen LogP contribution < -0.4 is 5.32 Å². The maximum atomic E-state index is 11.8. The fourth-order valence-corrected chi connectivity index (χ4v) is 4.11. The first-order chi connectivity index (χ1) is 10.7. The molecular formula is C17H16N2OS2. The lowest BCUT2D eigenvalue weighted by atomic mass is 9.83. The number of carbonyl (C=O) groups excluding carboxylic acids is 1. The predicted molar refractivity (Wildman–Crippen MR) is 93.3 cm³/mol. The zero-order valence-electron chi connectivity index (χ0n) is 12.1. The Morgan fingerprint density at radius 1 is 1.27 bits per heavy atom. The lowest BCUT2D eigenvalue weighted by Crippen LogP contribution is -2.17. The second-order valence-electron chi connectivity index (χ2n) is 5.69. The molecule has 1 aliphatic heterocycles. The highest BCUT2D eigenvalue weighted by molar-refractivity contribution is 8.26. The van der Waals surface area contributed by atoms with Gasteiger partial charge in [0.25, 0.3) is 5.91 Å². The van der Waals surface area contributed by atoms with E-state index < -0.39 is 0 Å². The summed E-state index contributed by atoms with van der Waals surface area (Å²) < 4.78 is 0.486. The number of thioether (sulfide) groups is 1. The summed E-state index contributed by atoms with van der Waals surface area (Å²) in [5, 5.41) is 11.9. The minimum atomic E-state index is -0.156. The Labute approximate surface area is 139 Å². The molecule has 0 aromatic heterocycles. The van der Waals surface area contributed by atoms with Gasteiger partial charge in [-0.2, -0.15) is 5.26 Å². The van der Waals surface area contributed by atoms with E-state index in [1.54, 1.807) is 0 Å². The van der Waals surface area contributed by atoms with Crippen LogP contribution in [0.4, 0.5) is 0 Å². The molecule has 1 saturated carbocycles. The van der Waals surface area contributed by atoms with E-state index in [4.69, 9.17) is 12.2 Å². The first kappa shape index (κ1) is 15.3. The number of hydrogen-bond donors (Lipinski definition) is 1. The highest BCUT2D eigenvalue weighted by Gasteiger charge is 2.22. The van der Waals surface area contributed by atoms with Crippen molar-refractivity contribution < 1.29 is 4.79 Å². The molecule has 1 aliphatic carbocycles. The van der Waals surface area contributed by atoms with E-state index in [0.29, 0.717) is 20.7 Å². The van der Waals surface area contributed by atoms with Gasteiger partial charge in [-0.3, -0.25) is 4.79 Å². The number of nitrogens with one attached hydrogen (secondary N) is 1. The number of nitrogens with zero attached hydrogens (tertiary/aromatic N) is 1. The molecule has 1 amide bonds. The van der Waals surface area contributed by atoms with Gasteiger partial charge in [0.2, 0.25) is 0 Å². The van der Waals surface area contributed by atoms with Crippen LogP contribution >= 0.6 is 24.0 Å². The van der Waals surface area contributed by atoms with Crippen LogP contribution in [0, 0.1) is 11.3 Å². The van der Waals surface area contributed by atoms with Crippen LogP contribution in [0.5, 0.6) is 0 Å². The van der Waals surface area contributed by atoms with E-state index in [1.807, 2.05) is 18.2 Å². The topological polar surface area (TPSA) is 52.9 Å². The molecule has 0 atom stereocenters. The number of nitriles is 1. The van der Waals surface area contributed by atoms with Crippen molar-refractivity contribution in [1.29, 1.82) is 5.26 Å². The summed E-state index contributed by atoms with van der Waals surface area (Å²) in [6.07, 6.45) is 8.01. The van der Waals surface area contributed by atoms with Crippen molar-refractivity contribution in [2.75, 3.05) is 0 Å². The molecule has 2 fully saturated rings. The average Bonchev–Trinajstić information content (AvgIpc) is 2.85. The van der Waals surface area contributed by atoms with Gasteiger partial charge in [0, 0.05) is 0 Å². The fourth-order valence-electron chi connectivity index (χ4n) is 3.07. The number of rotatable bonds is 2. The van der Waals surface area contributed by atoms with Gasteiger partial charge in [0.1, 0.15) is 4.32 Å². The number of benzene rings is 1. The van der Waals surface area contributed by atoms with E-state index in [1.165, 1.54) is 49.4 Å². The fraction of sp³-hybridized carbons (Fsp3) is 0.353. The van der Waals surface area contributed by atoms with Crippen molar-refractivity contribution in [2.24, 2.45) is 0 Å². The van der Waals surface area contributed by atoms with Gasteiger partial charge < -0.3 is 5.32 Å². The minimum Gasteiger partial charge on any atom is -0.307 e. The molecule has 3 rings (SSSR count). The van der Waals surface area contributed by atoms with Crippen molar-refractivity contribution in [3.8, 4) is 6.07 Å². The summed E-state index contributed by atoms with van der Waals surface area (Å²) in [5.74, 6) is 0.377. The molecule has 1 aromatic carbocycles. The van der Waals surface area contributed by atoms with Gasteiger partial charge in [-0.05, 0) is 48.1 Å². The summed E-state index contributed by atoms with van der Waals surface area (Å²) in [4.78, 5) is 12.4. The predicted octanol–water partition coefficient (Wildman–Crippen LogP) is 4.09. The first-order valence-electron chi connectivity index (χ1n) is 7.45. The Morgan fingerprint density at radius 3 is 2.68 bits per heavy atom. The lowest BCUT2D eigenvalue weighted by molar-refractivity contribution is -0.115. The molecule has 0 radical (unpaired) electrons. The van der Waals surface area contributed by atoms with Crippen LogP contribution in [0.25, 0.3) is 6.08 Å². The van der Waals surface area contributed by atoms with Crippen LogP contribution in [-0.2, 0) is 4.79 Å². The van der Waals surface area contributed by atoms with E-state index >= 15 is 0 Å². The summed E-state index contributed by atoms with van der Waals surface area (Å²) >= 11 is 6.28. The molecular weight excluding hydrogens is 312 g/mol. The largest absolute Gasteiger partial charge is 0.307 e. The summed E-state index contributed by atoms with van der Waals surface area (Å²) in [5.41, 5.74) is 2.78. The summed E-state index contributed by atoms with van der Waals surface area (Å²) in [6.45, 7) is 0.